The largest absolute Gasteiger partial charge is 0.389 e. The Labute approximate surface area is 107 Å². The molecular weight excluding hydrogens is 234 g/mol. The van der Waals surface area contributed by atoms with E-state index in [0.717, 1.165) is 24.4 Å². The number of pyridine rings is 1. The van der Waals surface area contributed by atoms with Gasteiger partial charge in [0.15, 0.2) is 0 Å². The van der Waals surface area contributed by atoms with Crippen molar-refractivity contribution in [1.82, 2.24) is 4.98 Å². The summed E-state index contributed by atoms with van der Waals surface area (Å²) >= 11 is 5.09. The van der Waals surface area contributed by atoms with Crippen LogP contribution in [-0.2, 0) is 4.74 Å². The topological polar surface area (TPSA) is 51.4 Å². The summed E-state index contributed by atoms with van der Waals surface area (Å²) in [5.41, 5.74) is 7.56. The zero-order chi connectivity index (χ0) is 12.5. The average molecular weight is 251 g/mol. The van der Waals surface area contributed by atoms with Crippen LogP contribution in [0.5, 0.6) is 0 Å². The Morgan fingerprint density at radius 2 is 2.35 bits per heavy atom. The first-order chi connectivity index (χ1) is 8.02. The monoisotopic (exact) mass is 251 g/mol. The molecule has 0 unspecified atom stereocenters. The van der Waals surface area contributed by atoms with E-state index in [1.165, 1.54) is 0 Å². The Morgan fingerprint density at radius 3 is 3.00 bits per heavy atom. The maximum atomic E-state index is 5.76. The van der Waals surface area contributed by atoms with E-state index in [2.05, 4.69) is 23.7 Å². The van der Waals surface area contributed by atoms with E-state index in [0.29, 0.717) is 11.6 Å². The van der Waals surface area contributed by atoms with Crippen molar-refractivity contribution in [3.8, 4) is 0 Å². The van der Waals surface area contributed by atoms with E-state index in [9.17, 15) is 0 Å². The molecule has 5 heteroatoms. The molecule has 1 aromatic heterocycles. The van der Waals surface area contributed by atoms with Crippen LogP contribution in [0.2, 0.25) is 0 Å². The highest BCUT2D eigenvalue weighted by atomic mass is 32.1. The normalized spacial score (nSPS) is 19.1. The van der Waals surface area contributed by atoms with Crippen LogP contribution in [0.25, 0.3) is 0 Å². The molecule has 0 spiro atoms. The number of hydrogen-bond donors (Lipinski definition) is 1. The summed E-state index contributed by atoms with van der Waals surface area (Å²) in [6, 6.07) is 1.86. The highest BCUT2D eigenvalue weighted by molar-refractivity contribution is 7.80. The van der Waals surface area contributed by atoms with Gasteiger partial charge in [0, 0.05) is 18.3 Å². The highest BCUT2D eigenvalue weighted by Crippen LogP contribution is 2.29. The quantitative estimate of drug-likeness (QED) is 0.804. The van der Waals surface area contributed by atoms with Gasteiger partial charge in [-0.1, -0.05) is 12.2 Å². The molecule has 0 amide bonds. The fraction of sp³-hybridized carbons (Fsp3) is 0.500. The van der Waals surface area contributed by atoms with Crippen LogP contribution in [0.4, 0.5) is 5.69 Å². The summed E-state index contributed by atoms with van der Waals surface area (Å²) in [6.07, 6.45) is 3.53. The van der Waals surface area contributed by atoms with E-state index in [4.69, 9.17) is 22.7 Å². The molecule has 0 saturated carbocycles. The number of aromatic nitrogens is 1. The molecule has 2 N–H and O–H groups in total. The molecule has 1 aliphatic heterocycles. The second kappa shape index (κ2) is 4.58. The van der Waals surface area contributed by atoms with Crippen molar-refractivity contribution >= 4 is 22.9 Å². The van der Waals surface area contributed by atoms with Gasteiger partial charge in [-0.25, -0.2) is 0 Å². The summed E-state index contributed by atoms with van der Waals surface area (Å²) in [5, 5.41) is 0. The number of nitrogens with zero attached hydrogens (tertiary/aromatic N) is 2. The fourth-order valence-corrected chi connectivity index (χ4v) is 2.29. The lowest BCUT2D eigenvalue weighted by Gasteiger charge is -2.44. The Hall–Kier alpha value is -1.20. The minimum Gasteiger partial charge on any atom is -0.389 e. The Balaban J connectivity index is 2.42. The third-order valence-electron chi connectivity index (χ3n) is 3.00. The van der Waals surface area contributed by atoms with Gasteiger partial charge in [0.25, 0.3) is 0 Å². The second-order valence-corrected chi connectivity index (χ2v) is 5.21. The Kier molecular flexibility index (Phi) is 3.31. The van der Waals surface area contributed by atoms with E-state index in [-0.39, 0.29) is 5.54 Å². The van der Waals surface area contributed by atoms with E-state index >= 15 is 0 Å². The first kappa shape index (κ1) is 12.3. The number of ether oxygens (including phenoxy) is 1. The van der Waals surface area contributed by atoms with Crippen molar-refractivity contribution in [1.29, 1.82) is 0 Å². The number of hydrogen-bond acceptors (Lipinski definition) is 4. The summed E-state index contributed by atoms with van der Waals surface area (Å²) in [7, 11) is 0. The molecule has 1 fully saturated rings. The average Bonchev–Trinajstić information content (AvgIpc) is 2.28. The predicted octanol–water partition coefficient (Wildman–Crippen LogP) is 1.33. The van der Waals surface area contributed by atoms with E-state index in [1.54, 1.807) is 6.20 Å². The molecular formula is C12H17N3OS. The molecule has 0 radical (unpaired) electrons. The number of nitrogens with two attached hydrogens (primary N) is 1. The van der Waals surface area contributed by atoms with Crippen molar-refractivity contribution < 1.29 is 4.74 Å². The lowest BCUT2D eigenvalue weighted by Crippen LogP contribution is -2.53. The van der Waals surface area contributed by atoms with Crippen molar-refractivity contribution in [2.45, 2.75) is 19.4 Å². The van der Waals surface area contributed by atoms with Crippen molar-refractivity contribution in [3.05, 3.63) is 24.0 Å². The molecule has 0 aliphatic carbocycles. The van der Waals surface area contributed by atoms with Crippen molar-refractivity contribution in [2.75, 3.05) is 24.7 Å². The van der Waals surface area contributed by atoms with Gasteiger partial charge >= 0.3 is 0 Å². The maximum Gasteiger partial charge on any atom is 0.106 e. The lowest BCUT2D eigenvalue weighted by molar-refractivity contribution is 0.0643. The number of rotatable bonds is 2. The van der Waals surface area contributed by atoms with Crippen LogP contribution in [0.15, 0.2) is 18.5 Å². The first-order valence-electron chi connectivity index (χ1n) is 5.61. The minimum atomic E-state index is -0.0686. The van der Waals surface area contributed by atoms with Crippen molar-refractivity contribution in [3.63, 3.8) is 0 Å². The molecule has 2 heterocycles. The van der Waals surface area contributed by atoms with Crippen LogP contribution >= 0.6 is 12.2 Å². The molecule has 1 aliphatic rings. The Morgan fingerprint density at radius 1 is 1.59 bits per heavy atom. The van der Waals surface area contributed by atoms with Gasteiger partial charge < -0.3 is 15.4 Å². The molecule has 2 rings (SSSR count). The summed E-state index contributed by atoms with van der Waals surface area (Å²) in [6.45, 7) is 6.52. The molecule has 4 nitrogen and oxygen atoms in total. The molecule has 0 bridgehead atoms. The van der Waals surface area contributed by atoms with Crippen LogP contribution in [0.3, 0.4) is 0 Å². The van der Waals surface area contributed by atoms with Crippen LogP contribution in [-0.4, -0.2) is 35.3 Å². The van der Waals surface area contributed by atoms with Crippen LogP contribution in [0, 0.1) is 0 Å². The third kappa shape index (κ3) is 2.40. The van der Waals surface area contributed by atoms with Gasteiger partial charge in [-0.3, -0.25) is 4.98 Å². The van der Waals surface area contributed by atoms with Gasteiger partial charge in [0.2, 0.25) is 0 Å². The third-order valence-corrected chi connectivity index (χ3v) is 3.22. The molecule has 0 atom stereocenters. The first-order valence-corrected chi connectivity index (χ1v) is 6.02. The summed E-state index contributed by atoms with van der Waals surface area (Å²) in [5.74, 6) is 0. The number of thiocarbonyl (C=S) groups is 1. The predicted molar refractivity (Wildman–Crippen MR) is 72.4 cm³/mol. The van der Waals surface area contributed by atoms with Gasteiger partial charge in [-0.2, -0.15) is 0 Å². The van der Waals surface area contributed by atoms with Gasteiger partial charge in [-0.05, 0) is 19.9 Å². The molecule has 0 aromatic carbocycles. The van der Waals surface area contributed by atoms with Gasteiger partial charge in [0.1, 0.15) is 4.99 Å². The van der Waals surface area contributed by atoms with Gasteiger partial charge in [-0.15, -0.1) is 0 Å². The van der Waals surface area contributed by atoms with Crippen LogP contribution < -0.4 is 10.6 Å². The summed E-state index contributed by atoms with van der Waals surface area (Å²) in [4.78, 5) is 6.84. The summed E-state index contributed by atoms with van der Waals surface area (Å²) < 4.78 is 5.51. The zero-order valence-electron chi connectivity index (χ0n) is 10.1. The van der Waals surface area contributed by atoms with E-state index in [1.807, 2.05) is 12.3 Å². The SMILES string of the molecule is CC1(C)COCCN1c1cnccc1C(N)=S. The molecule has 1 saturated heterocycles. The molecule has 17 heavy (non-hydrogen) atoms. The smallest absolute Gasteiger partial charge is 0.106 e. The fourth-order valence-electron chi connectivity index (χ4n) is 2.11. The minimum absolute atomic E-state index is 0.0686. The maximum absolute atomic E-state index is 5.76. The molecule has 1 aromatic rings. The van der Waals surface area contributed by atoms with Crippen molar-refractivity contribution in [2.24, 2.45) is 5.73 Å². The number of morpholine rings is 1. The Bertz CT molecular complexity index is 434. The highest BCUT2D eigenvalue weighted by Gasteiger charge is 2.32. The second-order valence-electron chi connectivity index (χ2n) is 4.77. The lowest BCUT2D eigenvalue weighted by atomic mass is 10.0. The molecule has 92 valence electrons. The standard InChI is InChI=1S/C12H17N3OS/c1-12(2)8-16-6-5-15(12)10-7-14-4-3-9(10)11(13)17/h3-4,7H,5-6,8H2,1-2H3,(H2,13,17). The van der Waals surface area contributed by atoms with E-state index < -0.39 is 0 Å². The van der Waals surface area contributed by atoms with Gasteiger partial charge in [0.05, 0.1) is 30.6 Å². The van der Waals surface area contributed by atoms with Crippen LogP contribution in [0.1, 0.15) is 19.4 Å². The zero-order valence-corrected chi connectivity index (χ0v) is 11.0. The number of anilines is 1.